The minimum atomic E-state index is -0.473. The molecule has 1 aromatic heterocycles. The third-order valence-electron chi connectivity index (χ3n) is 6.32. The number of hydrogen-bond acceptors (Lipinski definition) is 7. The second-order valence-electron chi connectivity index (χ2n) is 8.69. The molecule has 1 amide bonds. The molecule has 0 spiro atoms. The third-order valence-corrected chi connectivity index (χ3v) is 6.32. The molecular weight excluding hydrogens is 454 g/mol. The number of ketones is 1. The number of nitrogens with one attached hydrogen (secondary N) is 1. The predicted molar refractivity (Wildman–Crippen MR) is 137 cm³/mol. The lowest BCUT2D eigenvalue weighted by Gasteiger charge is -2.38. The van der Waals surface area contributed by atoms with Crippen LogP contribution in [0.5, 0.6) is 0 Å². The summed E-state index contributed by atoms with van der Waals surface area (Å²) in [5.74, 6) is 0.506. The van der Waals surface area contributed by atoms with Gasteiger partial charge in [-0.1, -0.05) is 65.8 Å². The third kappa shape index (κ3) is 5.01. The number of para-hydroxylation sites is 1. The SMILES string of the molecule is CC(=O)c1cccc(NC(=O)C(c2ccccc2)N2CCN(c3nnnn3-c3ccccc3)CC2)c1. The van der Waals surface area contributed by atoms with Crippen molar-refractivity contribution < 1.29 is 9.59 Å². The minimum Gasteiger partial charge on any atom is -0.337 e. The first-order valence-electron chi connectivity index (χ1n) is 11.9. The van der Waals surface area contributed by atoms with E-state index in [4.69, 9.17) is 0 Å². The molecule has 9 heteroatoms. The smallest absolute Gasteiger partial charge is 0.250 e. The zero-order chi connectivity index (χ0) is 24.9. The van der Waals surface area contributed by atoms with Crippen molar-refractivity contribution in [2.24, 2.45) is 0 Å². The topological polar surface area (TPSA) is 96.2 Å². The lowest BCUT2D eigenvalue weighted by Crippen LogP contribution is -2.50. The van der Waals surface area contributed by atoms with Crippen LogP contribution in [0, 0.1) is 0 Å². The van der Waals surface area contributed by atoms with Gasteiger partial charge in [-0.05, 0) is 47.2 Å². The van der Waals surface area contributed by atoms with Crippen LogP contribution in [0.1, 0.15) is 28.9 Å². The first-order valence-corrected chi connectivity index (χ1v) is 11.9. The molecule has 0 bridgehead atoms. The van der Waals surface area contributed by atoms with E-state index in [1.807, 2.05) is 60.7 Å². The van der Waals surface area contributed by atoms with Crippen LogP contribution in [0.3, 0.4) is 0 Å². The van der Waals surface area contributed by atoms with Gasteiger partial charge in [0.2, 0.25) is 11.9 Å². The fraction of sp³-hybridized carbons (Fsp3) is 0.222. The van der Waals surface area contributed by atoms with Gasteiger partial charge in [-0.3, -0.25) is 14.5 Å². The number of rotatable bonds is 7. The average molecular weight is 482 g/mol. The van der Waals surface area contributed by atoms with Crippen molar-refractivity contribution >= 4 is 23.3 Å². The zero-order valence-electron chi connectivity index (χ0n) is 20.0. The fourth-order valence-electron chi connectivity index (χ4n) is 4.49. The summed E-state index contributed by atoms with van der Waals surface area (Å²) in [5, 5.41) is 15.3. The van der Waals surface area contributed by atoms with Gasteiger partial charge in [0.25, 0.3) is 0 Å². The summed E-state index contributed by atoms with van der Waals surface area (Å²) in [7, 11) is 0. The van der Waals surface area contributed by atoms with E-state index in [1.165, 1.54) is 6.92 Å². The molecule has 1 saturated heterocycles. The highest BCUT2D eigenvalue weighted by atomic mass is 16.2. The number of benzene rings is 3. The molecule has 1 N–H and O–H groups in total. The van der Waals surface area contributed by atoms with Crippen molar-refractivity contribution in [1.29, 1.82) is 0 Å². The number of carbonyl (C=O) groups is 2. The van der Waals surface area contributed by atoms with E-state index >= 15 is 0 Å². The Morgan fingerprint density at radius 3 is 2.25 bits per heavy atom. The summed E-state index contributed by atoms with van der Waals surface area (Å²) in [6.07, 6.45) is 0. The molecule has 1 aliphatic rings. The van der Waals surface area contributed by atoms with Gasteiger partial charge in [0.15, 0.2) is 5.78 Å². The quantitative estimate of drug-likeness (QED) is 0.404. The first kappa shape index (κ1) is 23.4. The highest BCUT2D eigenvalue weighted by Gasteiger charge is 2.32. The van der Waals surface area contributed by atoms with E-state index in [1.54, 1.807) is 28.9 Å². The molecule has 1 atom stereocenters. The summed E-state index contributed by atoms with van der Waals surface area (Å²) in [4.78, 5) is 29.7. The van der Waals surface area contributed by atoms with Gasteiger partial charge in [0.1, 0.15) is 6.04 Å². The van der Waals surface area contributed by atoms with Crippen LogP contribution in [0.15, 0.2) is 84.9 Å². The fourth-order valence-corrected chi connectivity index (χ4v) is 4.49. The summed E-state index contributed by atoms with van der Waals surface area (Å²) in [5.41, 5.74) is 2.98. The molecule has 3 aromatic carbocycles. The second kappa shape index (κ2) is 10.5. The van der Waals surface area contributed by atoms with Gasteiger partial charge < -0.3 is 10.2 Å². The standard InChI is InChI=1S/C27H27N7O2/c1-20(35)22-11-8-12-23(19-22)28-26(36)25(21-9-4-2-5-10-21)32-15-17-33(18-16-32)27-29-30-31-34(27)24-13-6-3-7-14-24/h2-14,19,25H,15-18H2,1H3,(H,28,36). The monoisotopic (exact) mass is 481 g/mol. The molecule has 0 radical (unpaired) electrons. The molecule has 9 nitrogen and oxygen atoms in total. The Kier molecular flexibility index (Phi) is 6.81. The molecule has 1 unspecified atom stereocenters. The van der Waals surface area contributed by atoms with Crippen LogP contribution >= 0.6 is 0 Å². The molecule has 1 fully saturated rings. The van der Waals surface area contributed by atoms with Crippen LogP contribution in [-0.2, 0) is 4.79 Å². The molecule has 182 valence electrons. The molecule has 36 heavy (non-hydrogen) atoms. The van der Waals surface area contributed by atoms with Crippen LogP contribution in [0.4, 0.5) is 11.6 Å². The Morgan fingerprint density at radius 2 is 1.56 bits per heavy atom. The number of anilines is 2. The van der Waals surface area contributed by atoms with Crippen molar-refractivity contribution in [3.63, 3.8) is 0 Å². The molecule has 2 heterocycles. The minimum absolute atomic E-state index is 0.0420. The number of Topliss-reactive ketones (excluding diaryl/α,β-unsaturated/α-hetero) is 1. The Balaban J connectivity index is 1.34. The van der Waals surface area contributed by atoms with Crippen LogP contribution < -0.4 is 10.2 Å². The second-order valence-corrected chi connectivity index (χ2v) is 8.69. The summed E-state index contributed by atoms with van der Waals surface area (Å²) in [6.45, 7) is 4.17. The number of carbonyl (C=O) groups excluding carboxylic acids is 2. The van der Waals surface area contributed by atoms with E-state index in [0.717, 1.165) is 11.3 Å². The largest absolute Gasteiger partial charge is 0.337 e. The summed E-state index contributed by atoms with van der Waals surface area (Å²) in [6, 6.07) is 26.1. The number of amides is 1. The lowest BCUT2D eigenvalue weighted by atomic mass is 10.0. The van der Waals surface area contributed by atoms with Crippen molar-refractivity contribution in [2.45, 2.75) is 13.0 Å². The van der Waals surface area contributed by atoms with Crippen molar-refractivity contribution in [3.05, 3.63) is 96.1 Å². The molecule has 5 rings (SSSR count). The highest BCUT2D eigenvalue weighted by molar-refractivity contribution is 5.98. The summed E-state index contributed by atoms with van der Waals surface area (Å²) >= 11 is 0. The van der Waals surface area contributed by atoms with E-state index in [-0.39, 0.29) is 11.7 Å². The number of aromatic nitrogens is 4. The van der Waals surface area contributed by atoms with E-state index in [2.05, 4.69) is 30.6 Å². The van der Waals surface area contributed by atoms with Crippen molar-refractivity contribution in [3.8, 4) is 5.69 Å². The maximum absolute atomic E-state index is 13.6. The maximum Gasteiger partial charge on any atom is 0.250 e. The molecule has 4 aromatic rings. The Bertz CT molecular complexity index is 1330. The molecule has 0 saturated carbocycles. The highest BCUT2D eigenvalue weighted by Crippen LogP contribution is 2.26. The van der Waals surface area contributed by atoms with E-state index in [9.17, 15) is 9.59 Å². The number of nitrogens with zero attached hydrogens (tertiary/aromatic N) is 6. The van der Waals surface area contributed by atoms with E-state index < -0.39 is 6.04 Å². The van der Waals surface area contributed by atoms with Crippen molar-refractivity contribution in [1.82, 2.24) is 25.1 Å². The zero-order valence-corrected chi connectivity index (χ0v) is 20.0. The average Bonchev–Trinajstić information content (AvgIpc) is 3.41. The van der Waals surface area contributed by atoms with Gasteiger partial charge in [0, 0.05) is 37.4 Å². The molecular formula is C27H27N7O2. The Morgan fingerprint density at radius 1 is 0.861 bits per heavy atom. The maximum atomic E-state index is 13.6. The van der Waals surface area contributed by atoms with Gasteiger partial charge in [-0.15, -0.1) is 0 Å². The predicted octanol–water partition coefficient (Wildman–Crippen LogP) is 3.37. The van der Waals surface area contributed by atoms with Gasteiger partial charge in [0.05, 0.1) is 5.69 Å². The van der Waals surface area contributed by atoms with Gasteiger partial charge in [-0.2, -0.15) is 4.68 Å². The first-order chi connectivity index (χ1) is 17.6. The van der Waals surface area contributed by atoms with Crippen LogP contribution in [-0.4, -0.2) is 63.0 Å². The molecule has 1 aliphatic heterocycles. The number of piperazine rings is 1. The van der Waals surface area contributed by atoms with Gasteiger partial charge in [-0.25, -0.2) is 0 Å². The number of hydrogen-bond donors (Lipinski definition) is 1. The normalized spacial score (nSPS) is 14.9. The van der Waals surface area contributed by atoms with Crippen molar-refractivity contribution in [2.75, 3.05) is 36.4 Å². The Hall–Kier alpha value is -4.37. The Labute approximate surface area is 209 Å². The molecule has 0 aliphatic carbocycles. The van der Waals surface area contributed by atoms with Crippen LogP contribution in [0.2, 0.25) is 0 Å². The van der Waals surface area contributed by atoms with E-state index in [0.29, 0.717) is 43.4 Å². The lowest BCUT2D eigenvalue weighted by molar-refractivity contribution is -0.121. The van der Waals surface area contributed by atoms with Gasteiger partial charge >= 0.3 is 0 Å². The number of tetrazole rings is 1. The summed E-state index contributed by atoms with van der Waals surface area (Å²) < 4.78 is 1.74. The van der Waals surface area contributed by atoms with Crippen LogP contribution in [0.25, 0.3) is 5.69 Å².